The molecule has 5 nitrogen and oxygen atoms in total. The van der Waals surface area contributed by atoms with Crippen LogP contribution in [0, 0.1) is 11.3 Å². The summed E-state index contributed by atoms with van der Waals surface area (Å²) in [6, 6.07) is 7.59. The van der Waals surface area contributed by atoms with Gasteiger partial charge in [-0.3, -0.25) is 4.79 Å². The lowest BCUT2D eigenvalue weighted by atomic mass is 9.98. The van der Waals surface area contributed by atoms with Gasteiger partial charge in [0.15, 0.2) is 0 Å². The summed E-state index contributed by atoms with van der Waals surface area (Å²) in [4.78, 5) is 14.5. The lowest BCUT2D eigenvalue weighted by Gasteiger charge is -2.38. The van der Waals surface area contributed by atoms with Crippen molar-refractivity contribution in [2.24, 2.45) is 0 Å². The molecule has 0 radical (unpaired) electrons. The lowest BCUT2D eigenvalue weighted by Crippen LogP contribution is -2.40. The Morgan fingerprint density at radius 2 is 2.08 bits per heavy atom. The Labute approximate surface area is 147 Å². The molecule has 1 heterocycles. The number of benzene rings is 1. The van der Waals surface area contributed by atoms with Crippen LogP contribution in [0.25, 0.3) is 0 Å². The van der Waals surface area contributed by atoms with E-state index < -0.39 is 5.91 Å². The fourth-order valence-corrected chi connectivity index (χ4v) is 3.18. The van der Waals surface area contributed by atoms with Gasteiger partial charge in [-0.05, 0) is 51.3 Å². The number of hydrogen-bond acceptors (Lipinski definition) is 4. The van der Waals surface area contributed by atoms with E-state index in [0.29, 0.717) is 28.5 Å². The standard InChI is InChI=1S/C18H22ClN3O2/c1-12-5-4-6-13(2)22(12)11-14(10-20)18(23)21-15-7-8-17(24-3)16(19)9-15/h7-9,11-13H,4-6H2,1-3H3,(H,21,23)/b14-11-. The van der Waals surface area contributed by atoms with Gasteiger partial charge in [0.2, 0.25) is 0 Å². The molecule has 24 heavy (non-hydrogen) atoms. The van der Waals surface area contributed by atoms with E-state index in [-0.39, 0.29) is 5.57 Å². The number of amides is 1. The first-order valence-electron chi connectivity index (χ1n) is 8.00. The Kier molecular flexibility index (Phi) is 6.10. The summed E-state index contributed by atoms with van der Waals surface area (Å²) in [7, 11) is 1.52. The molecule has 2 unspecified atom stereocenters. The van der Waals surface area contributed by atoms with Crippen LogP contribution >= 0.6 is 11.6 Å². The maximum Gasteiger partial charge on any atom is 0.267 e. The van der Waals surface area contributed by atoms with E-state index in [1.54, 1.807) is 24.4 Å². The molecule has 1 N–H and O–H groups in total. The average molecular weight is 348 g/mol. The van der Waals surface area contributed by atoms with Gasteiger partial charge >= 0.3 is 0 Å². The molecule has 128 valence electrons. The molecule has 1 saturated heterocycles. The summed E-state index contributed by atoms with van der Waals surface area (Å²) in [5, 5.41) is 12.5. The Balaban J connectivity index is 2.15. The summed E-state index contributed by atoms with van der Waals surface area (Å²) in [6.07, 6.45) is 4.98. The third kappa shape index (κ3) is 4.21. The predicted molar refractivity (Wildman–Crippen MR) is 94.9 cm³/mol. The number of halogens is 1. The van der Waals surface area contributed by atoms with Crippen molar-refractivity contribution in [1.82, 2.24) is 4.90 Å². The van der Waals surface area contributed by atoms with E-state index in [0.717, 1.165) is 12.8 Å². The van der Waals surface area contributed by atoms with E-state index in [1.165, 1.54) is 13.5 Å². The minimum absolute atomic E-state index is 0.0857. The molecule has 2 rings (SSSR count). The summed E-state index contributed by atoms with van der Waals surface area (Å²) < 4.78 is 5.08. The molecule has 1 aliphatic rings. The molecule has 0 bridgehead atoms. The molecule has 1 aromatic carbocycles. The van der Waals surface area contributed by atoms with Gasteiger partial charge in [-0.15, -0.1) is 0 Å². The van der Waals surface area contributed by atoms with Crippen molar-refractivity contribution in [1.29, 1.82) is 5.26 Å². The number of ether oxygens (including phenoxy) is 1. The van der Waals surface area contributed by atoms with Crippen LogP contribution in [0.15, 0.2) is 30.0 Å². The van der Waals surface area contributed by atoms with Crippen LogP contribution in [0.4, 0.5) is 5.69 Å². The van der Waals surface area contributed by atoms with Crippen LogP contribution in [0.2, 0.25) is 5.02 Å². The minimum Gasteiger partial charge on any atom is -0.495 e. The second-order valence-corrected chi connectivity index (χ2v) is 6.44. The monoisotopic (exact) mass is 347 g/mol. The Hall–Kier alpha value is -2.19. The quantitative estimate of drug-likeness (QED) is 0.661. The van der Waals surface area contributed by atoms with Crippen LogP contribution in [-0.4, -0.2) is 30.0 Å². The molecule has 1 amide bonds. The van der Waals surface area contributed by atoms with E-state index in [9.17, 15) is 10.1 Å². The first-order chi connectivity index (χ1) is 11.5. The fourth-order valence-electron chi connectivity index (χ4n) is 2.93. The number of hydrogen-bond donors (Lipinski definition) is 1. The van der Waals surface area contributed by atoms with Crippen molar-refractivity contribution in [3.8, 4) is 11.8 Å². The minimum atomic E-state index is -0.441. The number of nitriles is 1. The average Bonchev–Trinajstić information content (AvgIpc) is 2.54. The van der Waals surface area contributed by atoms with Crippen molar-refractivity contribution in [2.75, 3.05) is 12.4 Å². The molecule has 2 atom stereocenters. The van der Waals surface area contributed by atoms with E-state index in [2.05, 4.69) is 24.1 Å². The van der Waals surface area contributed by atoms with E-state index in [4.69, 9.17) is 16.3 Å². The van der Waals surface area contributed by atoms with Gasteiger partial charge in [0, 0.05) is 24.0 Å². The number of anilines is 1. The number of carbonyl (C=O) groups excluding carboxylic acids is 1. The van der Waals surface area contributed by atoms with Crippen LogP contribution < -0.4 is 10.1 Å². The second-order valence-electron chi connectivity index (χ2n) is 6.03. The Morgan fingerprint density at radius 3 is 2.62 bits per heavy atom. The molecule has 0 aliphatic carbocycles. The van der Waals surface area contributed by atoms with Gasteiger partial charge in [-0.1, -0.05) is 11.6 Å². The highest BCUT2D eigenvalue weighted by molar-refractivity contribution is 6.32. The van der Waals surface area contributed by atoms with Crippen LogP contribution in [-0.2, 0) is 4.79 Å². The number of methoxy groups -OCH3 is 1. The number of nitrogens with one attached hydrogen (secondary N) is 1. The van der Waals surface area contributed by atoms with Gasteiger partial charge in [-0.25, -0.2) is 0 Å². The molecular formula is C18H22ClN3O2. The predicted octanol–water partition coefficient (Wildman–Crippen LogP) is 3.96. The van der Waals surface area contributed by atoms with Gasteiger partial charge in [0.1, 0.15) is 17.4 Å². The summed E-state index contributed by atoms with van der Waals surface area (Å²) in [5.41, 5.74) is 0.606. The largest absolute Gasteiger partial charge is 0.495 e. The highest BCUT2D eigenvalue weighted by Crippen LogP contribution is 2.28. The number of likely N-dealkylation sites (tertiary alicyclic amines) is 1. The summed E-state index contributed by atoms with van der Waals surface area (Å²) in [6.45, 7) is 4.23. The molecule has 1 fully saturated rings. The second kappa shape index (κ2) is 8.07. The SMILES string of the molecule is COc1ccc(NC(=O)/C(C#N)=C\N2C(C)CCCC2C)cc1Cl. The van der Waals surface area contributed by atoms with Gasteiger partial charge in [0.05, 0.1) is 12.1 Å². The normalized spacial score (nSPS) is 21.1. The zero-order chi connectivity index (χ0) is 17.7. The van der Waals surface area contributed by atoms with Crippen LogP contribution in [0.3, 0.4) is 0 Å². The first-order valence-corrected chi connectivity index (χ1v) is 8.38. The molecule has 0 aromatic heterocycles. The molecule has 1 aromatic rings. The van der Waals surface area contributed by atoms with Crippen molar-refractivity contribution in [2.45, 2.75) is 45.2 Å². The third-order valence-electron chi connectivity index (χ3n) is 4.31. The number of piperidine rings is 1. The van der Waals surface area contributed by atoms with Gasteiger partial charge in [-0.2, -0.15) is 5.26 Å². The van der Waals surface area contributed by atoms with Crippen molar-refractivity contribution in [3.63, 3.8) is 0 Å². The summed E-state index contributed by atoms with van der Waals surface area (Å²) in [5.74, 6) is 0.0883. The summed E-state index contributed by atoms with van der Waals surface area (Å²) >= 11 is 6.06. The lowest BCUT2D eigenvalue weighted by molar-refractivity contribution is -0.112. The Bertz CT molecular complexity index is 671. The molecule has 0 saturated carbocycles. The zero-order valence-corrected chi connectivity index (χ0v) is 14.9. The highest BCUT2D eigenvalue weighted by Gasteiger charge is 2.23. The van der Waals surface area contributed by atoms with Crippen molar-refractivity contribution in [3.05, 3.63) is 35.0 Å². The van der Waals surface area contributed by atoms with Gasteiger partial charge < -0.3 is 15.0 Å². The number of carbonyl (C=O) groups is 1. The van der Waals surface area contributed by atoms with E-state index in [1.807, 2.05) is 6.07 Å². The maximum absolute atomic E-state index is 12.4. The fraction of sp³-hybridized carbons (Fsp3) is 0.444. The molecule has 0 spiro atoms. The van der Waals surface area contributed by atoms with Gasteiger partial charge in [0.25, 0.3) is 5.91 Å². The van der Waals surface area contributed by atoms with Crippen molar-refractivity contribution < 1.29 is 9.53 Å². The molecule has 6 heteroatoms. The van der Waals surface area contributed by atoms with Crippen LogP contribution in [0.1, 0.15) is 33.1 Å². The zero-order valence-electron chi connectivity index (χ0n) is 14.2. The topological polar surface area (TPSA) is 65.4 Å². The third-order valence-corrected chi connectivity index (χ3v) is 4.61. The van der Waals surface area contributed by atoms with Crippen molar-refractivity contribution >= 4 is 23.2 Å². The van der Waals surface area contributed by atoms with Crippen LogP contribution in [0.5, 0.6) is 5.75 Å². The number of nitrogens with zero attached hydrogens (tertiary/aromatic N) is 2. The maximum atomic E-state index is 12.4. The highest BCUT2D eigenvalue weighted by atomic mass is 35.5. The molecular weight excluding hydrogens is 326 g/mol. The number of rotatable bonds is 4. The molecule has 1 aliphatic heterocycles. The Morgan fingerprint density at radius 1 is 1.42 bits per heavy atom. The first kappa shape index (κ1) is 18.2. The van der Waals surface area contributed by atoms with E-state index >= 15 is 0 Å². The smallest absolute Gasteiger partial charge is 0.267 e.